The zero-order valence-electron chi connectivity index (χ0n) is 14.6. The van der Waals surface area contributed by atoms with Gasteiger partial charge in [-0.15, -0.1) is 22.7 Å². The number of rotatable bonds is 4. The summed E-state index contributed by atoms with van der Waals surface area (Å²) in [5, 5.41) is 4.21. The summed E-state index contributed by atoms with van der Waals surface area (Å²) in [5.74, 6) is -0.0731. The van der Waals surface area contributed by atoms with E-state index in [4.69, 9.17) is 5.73 Å². The number of hydrogen-bond donors (Lipinski definition) is 1. The molecule has 7 heteroatoms. The second-order valence-corrected chi connectivity index (χ2v) is 8.99. The number of carbonyl (C=O) groups excluding carboxylic acids is 2. The van der Waals surface area contributed by atoms with Gasteiger partial charge >= 0.3 is 0 Å². The van der Waals surface area contributed by atoms with Crippen LogP contribution in [-0.4, -0.2) is 47.8 Å². The van der Waals surface area contributed by atoms with Crippen molar-refractivity contribution in [3.8, 4) is 0 Å². The van der Waals surface area contributed by atoms with Gasteiger partial charge in [0, 0.05) is 22.2 Å². The third-order valence-electron chi connectivity index (χ3n) is 5.45. The lowest BCUT2D eigenvalue weighted by Gasteiger charge is -2.38. The summed E-state index contributed by atoms with van der Waals surface area (Å²) in [7, 11) is 0. The Hall–Kier alpha value is -1.70. The molecule has 4 heterocycles. The molecule has 2 aromatic rings. The number of likely N-dealkylation sites (tertiary alicyclic amines) is 1. The molecule has 0 aromatic carbocycles. The number of hydrogen-bond acceptors (Lipinski definition) is 5. The van der Waals surface area contributed by atoms with Crippen LogP contribution in [0, 0.1) is 5.92 Å². The average Bonchev–Trinajstić information content (AvgIpc) is 3.32. The van der Waals surface area contributed by atoms with Gasteiger partial charge in [-0.25, -0.2) is 0 Å². The van der Waals surface area contributed by atoms with Crippen LogP contribution in [0.4, 0.5) is 0 Å². The summed E-state index contributed by atoms with van der Waals surface area (Å²) in [6.07, 6.45) is 2.45. The highest BCUT2D eigenvalue weighted by Crippen LogP contribution is 2.39. The first-order valence-corrected chi connectivity index (χ1v) is 10.8. The molecular formula is C19H23N3O2S2. The van der Waals surface area contributed by atoms with Crippen molar-refractivity contribution in [1.29, 1.82) is 0 Å². The van der Waals surface area contributed by atoms with Gasteiger partial charge in [-0.3, -0.25) is 14.5 Å². The molecule has 2 aliphatic heterocycles. The van der Waals surface area contributed by atoms with Gasteiger partial charge in [-0.05, 0) is 60.8 Å². The summed E-state index contributed by atoms with van der Waals surface area (Å²) >= 11 is 3.50. The van der Waals surface area contributed by atoms with Gasteiger partial charge in [0.15, 0.2) is 0 Å². The number of fused-ring (bicyclic) bond motifs is 1. The first kappa shape index (κ1) is 17.7. The molecule has 1 atom stereocenters. The summed E-state index contributed by atoms with van der Waals surface area (Å²) in [4.78, 5) is 31.3. The van der Waals surface area contributed by atoms with Gasteiger partial charge in [0.2, 0.25) is 11.8 Å². The summed E-state index contributed by atoms with van der Waals surface area (Å²) < 4.78 is 0. The molecule has 2 amide bonds. The van der Waals surface area contributed by atoms with Crippen LogP contribution in [0.15, 0.2) is 29.0 Å². The fourth-order valence-corrected chi connectivity index (χ4v) is 5.75. The van der Waals surface area contributed by atoms with E-state index in [9.17, 15) is 9.59 Å². The van der Waals surface area contributed by atoms with Crippen LogP contribution >= 0.6 is 22.7 Å². The van der Waals surface area contributed by atoms with E-state index >= 15 is 0 Å². The molecule has 4 rings (SSSR count). The van der Waals surface area contributed by atoms with Crippen LogP contribution in [0.5, 0.6) is 0 Å². The SMILES string of the molecule is NC(=O)C1CCN(CC(=O)N2CCc3sccc3[C@@H]2c2cccs2)CC1. The normalized spacial score (nSPS) is 21.5. The lowest BCUT2D eigenvalue weighted by molar-refractivity contribution is -0.135. The van der Waals surface area contributed by atoms with E-state index in [2.05, 4.69) is 33.9 Å². The fourth-order valence-electron chi connectivity index (χ4n) is 4.00. The molecule has 26 heavy (non-hydrogen) atoms. The summed E-state index contributed by atoms with van der Waals surface area (Å²) in [5.41, 5.74) is 6.69. The number of primary amides is 1. The maximum absolute atomic E-state index is 13.1. The van der Waals surface area contributed by atoms with Crippen molar-refractivity contribution in [2.24, 2.45) is 11.7 Å². The first-order valence-electron chi connectivity index (χ1n) is 9.04. The third kappa shape index (κ3) is 3.43. The molecule has 0 saturated carbocycles. The average molecular weight is 390 g/mol. The topological polar surface area (TPSA) is 66.6 Å². The van der Waals surface area contributed by atoms with Gasteiger partial charge in [0.05, 0.1) is 12.6 Å². The zero-order valence-corrected chi connectivity index (χ0v) is 16.2. The molecule has 2 aliphatic rings. The lowest BCUT2D eigenvalue weighted by Crippen LogP contribution is -2.47. The van der Waals surface area contributed by atoms with E-state index in [-0.39, 0.29) is 23.8 Å². The van der Waals surface area contributed by atoms with Crippen LogP contribution in [0.1, 0.15) is 34.2 Å². The maximum Gasteiger partial charge on any atom is 0.237 e. The van der Waals surface area contributed by atoms with Crippen LogP contribution in [0.2, 0.25) is 0 Å². The van der Waals surface area contributed by atoms with Gasteiger partial charge < -0.3 is 10.6 Å². The monoisotopic (exact) mass is 389 g/mol. The van der Waals surface area contributed by atoms with Crippen molar-refractivity contribution < 1.29 is 9.59 Å². The van der Waals surface area contributed by atoms with Gasteiger partial charge in [-0.1, -0.05) is 6.07 Å². The molecule has 2 N–H and O–H groups in total. The van der Waals surface area contributed by atoms with Crippen molar-refractivity contribution in [1.82, 2.24) is 9.80 Å². The smallest absolute Gasteiger partial charge is 0.237 e. The Morgan fingerprint density at radius 1 is 1.12 bits per heavy atom. The van der Waals surface area contributed by atoms with Crippen LogP contribution < -0.4 is 5.73 Å². The second kappa shape index (κ2) is 7.50. The molecule has 1 saturated heterocycles. The van der Waals surface area contributed by atoms with Gasteiger partial charge in [0.1, 0.15) is 0 Å². The minimum absolute atomic E-state index is 0.0384. The van der Waals surface area contributed by atoms with E-state index in [1.807, 2.05) is 4.90 Å². The molecule has 0 aliphatic carbocycles. The Kier molecular flexibility index (Phi) is 5.11. The molecule has 0 radical (unpaired) electrons. The van der Waals surface area contributed by atoms with E-state index in [1.165, 1.54) is 15.3 Å². The van der Waals surface area contributed by atoms with E-state index < -0.39 is 0 Å². The number of amides is 2. The molecule has 1 fully saturated rings. The van der Waals surface area contributed by atoms with Crippen molar-refractivity contribution in [2.75, 3.05) is 26.2 Å². The molecule has 0 bridgehead atoms. The lowest BCUT2D eigenvalue weighted by atomic mass is 9.96. The zero-order chi connectivity index (χ0) is 18.1. The highest BCUT2D eigenvalue weighted by molar-refractivity contribution is 7.10. The summed E-state index contributed by atoms with van der Waals surface area (Å²) in [6.45, 7) is 2.72. The van der Waals surface area contributed by atoms with E-state index in [0.29, 0.717) is 6.54 Å². The second-order valence-electron chi connectivity index (χ2n) is 7.01. The summed E-state index contributed by atoms with van der Waals surface area (Å²) in [6, 6.07) is 6.39. The predicted octanol–water partition coefficient (Wildman–Crippen LogP) is 2.48. The first-order chi connectivity index (χ1) is 12.6. The Balaban J connectivity index is 1.48. The highest BCUT2D eigenvalue weighted by Gasteiger charge is 2.34. The maximum atomic E-state index is 13.1. The minimum atomic E-state index is -0.213. The van der Waals surface area contributed by atoms with Crippen LogP contribution in [0.25, 0.3) is 0 Å². The van der Waals surface area contributed by atoms with Gasteiger partial charge in [-0.2, -0.15) is 0 Å². The van der Waals surface area contributed by atoms with E-state index in [1.54, 1.807) is 22.7 Å². The molecule has 0 spiro atoms. The largest absolute Gasteiger partial charge is 0.369 e. The highest BCUT2D eigenvalue weighted by atomic mass is 32.1. The predicted molar refractivity (Wildman–Crippen MR) is 104 cm³/mol. The molecule has 2 aromatic heterocycles. The Bertz CT molecular complexity index is 779. The van der Waals surface area contributed by atoms with Crippen molar-refractivity contribution in [3.05, 3.63) is 44.3 Å². The minimum Gasteiger partial charge on any atom is -0.369 e. The Morgan fingerprint density at radius 3 is 2.62 bits per heavy atom. The number of nitrogens with two attached hydrogens (primary N) is 1. The van der Waals surface area contributed by atoms with Crippen LogP contribution in [0.3, 0.4) is 0 Å². The molecular weight excluding hydrogens is 366 g/mol. The van der Waals surface area contributed by atoms with Gasteiger partial charge in [0.25, 0.3) is 0 Å². The number of carbonyl (C=O) groups is 2. The Labute approximate surface area is 161 Å². The molecule has 0 unspecified atom stereocenters. The van der Waals surface area contributed by atoms with Crippen molar-refractivity contribution in [3.63, 3.8) is 0 Å². The number of thiophene rings is 2. The Morgan fingerprint density at radius 2 is 1.92 bits per heavy atom. The molecule has 138 valence electrons. The van der Waals surface area contributed by atoms with Crippen molar-refractivity contribution in [2.45, 2.75) is 25.3 Å². The third-order valence-corrected chi connectivity index (χ3v) is 7.37. The van der Waals surface area contributed by atoms with Crippen LogP contribution in [-0.2, 0) is 16.0 Å². The van der Waals surface area contributed by atoms with E-state index in [0.717, 1.165) is 38.9 Å². The quantitative estimate of drug-likeness (QED) is 0.874. The standard InChI is InChI=1S/C19H23N3O2S2/c20-19(24)13-3-7-21(8-4-13)12-17(23)22-9-5-15-14(6-11-26-15)18(22)16-2-1-10-25-16/h1-2,6,10-11,13,18H,3-5,7-9,12H2,(H2,20,24)/t18-/m1/s1. The fraction of sp³-hybridized carbons (Fsp3) is 0.474. The number of piperidine rings is 1. The number of nitrogens with zero attached hydrogens (tertiary/aromatic N) is 2. The van der Waals surface area contributed by atoms with Crippen molar-refractivity contribution >= 4 is 34.5 Å². The molecule has 5 nitrogen and oxygen atoms in total.